The smallest absolute Gasteiger partial charge is 0.246 e. The maximum Gasteiger partial charge on any atom is 0.246 e. The van der Waals surface area contributed by atoms with Crippen LogP contribution in [0.3, 0.4) is 0 Å². The van der Waals surface area contributed by atoms with E-state index in [9.17, 15) is 18.8 Å². The first-order valence-corrected chi connectivity index (χ1v) is 13.9. The van der Waals surface area contributed by atoms with Crippen molar-refractivity contribution in [2.75, 3.05) is 5.32 Å². The van der Waals surface area contributed by atoms with Crippen LogP contribution in [0, 0.1) is 31.5 Å². The molecule has 2 N–H and O–H groups in total. The Morgan fingerprint density at radius 2 is 1.72 bits per heavy atom. The molecule has 1 aliphatic carbocycles. The van der Waals surface area contributed by atoms with Crippen LogP contribution in [0.5, 0.6) is 0 Å². The second-order valence-corrected chi connectivity index (χ2v) is 11.5. The van der Waals surface area contributed by atoms with Crippen LogP contribution < -0.4 is 10.6 Å². The maximum absolute atomic E-state index is 14.1. The normalized spacial score (nSPS) is 29.5. The van der Waals surface area contributed by atoms with E-state index in [1.165, 1.54) is 17.0 Å². The Kier molecular flexibility index (Phi) is 6.53. The van der Waals surface area contributed by atoms with Gasteiger partial charge in [0.2, 0.25) is 17.7 Å². The van der Waals surface area contributed by atoms with Gasteiger partial charge in [-0.15, -0.1) is 0 Å². The molecule has 3 heterocycles. The van der Waals surface area contributed by atoms with Gasteiger partial charge in [0.15, 0.2) is 0 Å². The molecule has 2 bridgehead atoms. The molecule has 1 saturated carbocycles. The van der Waals surface area contributed by atoms with E-state index in [0.717, 1.165) is 43.2 Å². The quantitative estimate of drug-likeness (QED) is 0.548. The number of amides is 3. The van der Waals surface area contributed by atoms with Gasteiger partial charge in [-0.2, -0.15) is 0 Å². The summed E-state index contributed by atoms with van der Waals surface area (Å²) in [6.45, 7) is 4.04. The predicted octanol–water partition coefficient (Wildman–Crippen LogP) is 4.18. The van der Waals surface area contributed by atoms with Gasteiger partial charge >= 0.3 is 0 Å². The average molecular weight is 532 g/mol. The number of hydrogen-bond acceptors (Lipinski definition) is 4. The molecule has 8 heteroatoms. The molecule has 0 unspecified atom stereocenters. The molecule has 3 amide bonds. The number of nitrogens with one attached hydrogen (secondary N) is 2. The summed E-state index contributed by atoms with van der Waals surface area (Å²) in [6, 6.07) is 10.8. The number of fused-ring (bicyclic) bond motifs is 1. The maximum atomic E-state index is 14.1. The summed E-state index contributed by atoms with van der Waals surface area (Å²) in [5.41, 5.74) is 2.18. The number of benzene rings is 2. The minimum atomic E-state index is -1.23. The van der Waals surface area contributed by atoms with Crippen molar-refractivity contribution < 1.29 is 23.5 Å². The van der Waals surface area contributed by atoms with Crippen LogP contribution in [0.1, 0.15) is 48.8 Å². The highest BCUT2D eigenvalue weighted by Crippen LogP contribution is 2.55. The van der Waals surface area contributed by atoms with Crippen LogP contribution >= 0.6 is 0 Å². The topological polar surface area (TPSA) is 87.7 Å². The number of halogens is 1. The number of likely N-dealkylation sites (tertiary alicyclic amines) is 1. The van der Waals surface area contributed by atoms with Gasteiger partial charge in [-0.05, 0) is 67.6 Å². The van der Waals surface area contributed by atoms with Gasteiger partial charge in [0.05, 0.1) is 17.9 Å². The number of ether oxygens (including phenoxy) is 1. The lowest BCUT2D eigenvalue weighted by Gasteiger charge is -2.34. The fraction of sp³-hybridized carbons (Fsp3) is 0.452. The molecule has 204 valence electrons. The summed E-state index contributed by atoms with van der Waals surface area (Å²) in [4.78, 5) is 43.2. The van der Waals surface area contributed by atoms with Gasteiger partial charge in [0.1, 0.15) is 17.5 Å². The highest BCUT2D eigenvalue weighted by Gasteiger charge is 2.72. The molecule has 2 saturated heterocycles. The Balaban J connectivity index is 1.32. The average Bonchev–Trinajstić information content (AvgIpc) is 3.53. The first kappa shape index (κ1) is 25.7. The molecule has 6 rings (SSSR count). The van der Waals surface area contributed by atoms with E-state index in [2.05, 4.69) is 10.6 Å². The molecule has 0 radical (unpaired) electrons. The van der Waals surface area contributed by atoms with Crippen LogP contribution in [0.2, 0.25) is 0 Å². The van der Waals surface area contributed by atoms with Gasteiger partial charge < -0.3 is 20.3 Å². The molecule has 1 spiro atoms. The summed E-state index contributed by atoms with van der Waals surface area (Å²) < 4.78 is 20.0. The lowest BCUT2D eigenvalue weighted by molar-refractivity contribution is -0.142. The summed E-state index contributed by atoms with van der Waals surface area (Å²) >= 11 is 0. The van der Waals surface area contributed by atoms with E-state index in [-0.39, 0.29) is 36.1 Å². The molecule has 7 nitrogen and oxygen atoms in total. The van der Waals surface area contributed by atoms with Crippen LogP contribution in [0.4, 0.5) is 10.1 Å². The predicted molar refractivity (Wildman–Crippen MR) is 144 cm³/mol. The van der Waals surface area contributed by atoms with Crippen LogP contribution in [-0.4, -0.2) is 46.4 Å². The van der Waals surface area contributed by atoms with Gasteiger partial charge in [0.25, 0.3) is 0 Å². The van der Waals surface area contributed by atoms with Crippen molar-refractivity contribution in [3.05, 3.63) is 77.1 Å². The number of anilines is 1. The van der Waals surface area contributed by atoms with E-state index in [1.54, 1.807) is 12.1 Å². The van der Waals surface area contributed by atoms with Crippen molar-refractivity contribution in [1.29, 1.82) is 0 Å². The third-order valence-electron chi connectivity index (χ3n) is 8.63. The molecule has 4 aliphatic rings. The molecular formula is C31H34FN3O4. The summed E-state index contributed by atoms with van der Waals surface area (Å²) in [7, 11) is 0. The van der Waals surface area contributed by atoms with Gasteiger partial charge in [0, 0.05) is 18.3 Å². The number of carbonyl (C=O) groups excluding carboxylic acids is 3. The number of aryl methyl sites for hydroxylation is 2. The summed E-state index contributed by atoms with van der Waals surface area (Å²) in [6.07, 6.45) is 8.11. The SMILES string of the molecule is Cc1cc(C)cc(NC(=O)[C@@H]2[C@@H]3C=C[C@]4(O3)[C@@H]2C(=O)N(Cc2ccc(F)cc2)[C@H]4C(=O)NC2CCCCC2)c1. The first-order valence-electron chi connectivity index (χ1n) is 13.9. The van der Waals surface area contributed by atoms with Crippen LogP contribution in [-0.2, 0) is 25.7 Å². The highest BCUT2D eigenvalue weighted by atomic mass is 19.1. The zero-order chi connectivity index (χ0) is 27.3. The standard InChI is InChI=1S/C31H34FN3O4/c1-18-14-19(2)16-23(15-18)34-28(36)25-24-12-13-31(39-24)26(25)30(38)35(17-20-8-10-21(32)11-9-20)27(31)29(37)33-22-6-4-3-5-7-22/h8-16,22,24-27H,3-7,17H2,1-2H3,(H,33,37)(H,34,36)/t24-,25+,26-,27-,31-/m0/s1. The van der Waals surface area contributed by atoms with Gasteiger partial charge in [-0.25, -0.2) is 4.39 Å². The van der Waals surface area contributed by atoms with E-state index in [4.69, 9.17) is 4.74 Å². The molecular weight excluding hydrogens is 497 g/mol. The number of hydrogen-bond donors (Lipinski definition) is 2. The number of nitrogens with zero attached hydrogens (tertiary/aromatic N) is 1. The van der Waals surface area contributed by atoms with Crippen molar-refractivity contribution in [1.82, 2.24) is 10.2 Å². The number of carbonyl (C=O) groups is 3. The molecule has 3 fully saturated rings. The lowest BCUT2D eigenvalue weighted by atomic mass is 9.74. The summed E-state index contributed by atoms with van der Waals surface area (Å²) in [5, 5.41) is 6.18. The minimum Gasteiger partial charge on any atom is -0.359 e. The molecule has 2 aromatic rings. The summed E-state index contributed by atoms with van der Waals surface area (Å²) in [5.74, 6) is -2.84. The Labute approximate surface area is 227 Å². The highest BCUT2D eigenvalue weighted by molar-refractivity contribution is 6.02. The zero-order valence-corrected chi connectivity index (χ0v) is 22.3. The first-order chi connectivity index (χ1) is 18.7. The van der Waals surface area contributed by atoms with E-state index >= 15 is 0 Å². The lowest BCUT2D eigenvalue weighted by Crippen LogP contribution is -2.56. The van der Waals surface area contributed by atoms with Crippen molar-refractivity contribution in [3.63, 3.8) is 0 Å². The van der Waals surface area contributed by atoms with Crippen LogP contribution in [0.25, 0.3) is 0 Å². The van der Waals surface area contributed by atoms with Gasteiger partial charge in [-0.1, -0.05) is 49.6 Å². The molecule has 39 heavy (non-hydrogen) atoms. The zero-order valence-electron chi connectivity index (χ0n) is 22.3. The number of rotatable bonds is 6. The second-order valence-electron chi connectivity index (χ2n) is 11.5. The van der Waals surface area contributed by atoms with Crippen LogP contribution in [0.15, 0.2) is 54.6 Å². The monoisotopic (exact) mass is 531 g/mol. The Bertz CT molecular complexity index is 1320. The Morgan fingerprint density at radius 1 is 1.03 bits per heavy atom. The second kappa shape index (κ2) is 9.90. The third kappa shape index (κ3) is 4.54. The van der Waals surface area contributed by atoms with E-state index < -0.39 is 29.6 Å². The van der Waals surface area contributed by atoms with Crippen molar-refractivity contribution in [3.8, 4) is 0 Å². The fourth-order valence-corrected chi connectivity index (χ4v) is 7.02. The largest absolute Gasteiger partial charge is 0.359 e. The van der Waals surface area contributed by atoms with E-state index in [1.807, 2.05) is 44.2 Å². The Morgan fingerprint density at radius 3 is 2.41 bits per heavy atom. The third-order valence-corrected chi connectivity index (χ3v) is 8.63. The molecule has 3 aliphatic heterocycles. The Hall–Kier alpha value is -3.52. The molecule has 2 aromatic carbocycles. The van der Waals surface area contributed by atoms with Crippen molar-refractivity contribution in [2.45, 2.75) is 76.3 Å². The van der Waals surface area contributed by atoms with E-state index in [0.29, 0.717) is 11.3 Å². The van der Waals surface area contributed by atoms with Gasteiger partial charge in [-0.3, -0.25) is 14.4 Å². The van der Waals surface area contributed by atoms with Crippen molar-refractivity contribution in [2.24, 2.45) is 11.8 Å². The molecule has 5 atom stereocenters. The molecule has 0 aromatic heterocycles. The minimum absolute atomic E-state index is 0.0516. The fourth-order valence-electron chi connectivity index (χ4n) is 7.02. The van der Waals surface area contributed by atoms with Crippen molar-refractivity contribution >= 4 is 23.4 Å².